The average Bonchev–Trinajstić information content (AvgIpc) is 3.68. The van der Waals surface area contributed by atoms with Crippen LogP contribution < -0.4 is 15.5 Å². The number of imide groups is 1. The highest BCUT2D eigenvalue weighted by Crippen LogP contribution is 2.54. The van der Waals surface area contributed by atoms with Gasteiger partial charge in [0.25, 0.3) is 0 Å². The summed E-state index contributed by atoms with van der Waals surface area (Å²) in [6.07, 6.45) is 2.21. The highest BCUT2D eigenvalue weighted by molar-refractivity contribution is 6.26. The van der Waals surface area contributed by atoms with Gasteiger partial charge >= 0.3 is 5.97 Å². The van der Waals surface area contributed by atoms with Gasteiger partial charge in [-0.2, -0.15) is 0 Å². The second-order valence-corrected chi connectivity index (χ2v) is 10.5. The Morgan fingerprint density at radius 2 is 1.80 bits per heavy atom. The third-order valence-corrected chi connectivity index (χ3v) is 8.43. The van der Waals surface area contributed by atoms with Crippen molar-refractivity contribution in [2.24, 2.45) is 11.8 Å². The lowest BCUT2D eigenvalue weighted by molar-refractivity contribution is -0.130. The van der Waals surface area contributed by atoms with Gasteiger partial charge in [-0.3, -0.25) is 19.7 Å². The van der Waals surface area contributed by atoms with Crippen molar-refractivity contribution in [2.45, 2.75) is 24.9 Å². The molecule has 7 rings (SSSR count). The van der Waals surface area contributed by atoms with Crippen LogP contribution in [0.3, 0.4) is 0 Å². The molecule has 1 aromatic heterocycles. The molecule has 3 aromatic carbocycles. The number of hydrogen-bond acceptors (Lipinski definition) is 6. The highest BCUT2D eigenvalue weighted by Gasteiger charge is 2.70. The number of nitrogens with one attached hydrogen (secondary N) is 3. The minimum atomic E-state index is -1.63. The Bertz CT molecular complexity index is 1770. The molecule has 3 amide bonds. The molecule has 9 nitrogen and oxygen atoms in total. The van der Waals surface area contributed by atoms with E-state index in [0.717, 1.165) is 21.4 Å². The molecule has 0 unspecified atom stereocenters. The molecule has 0 bridgehead atoms. The number of fused-ring (bicyclic) bond motifs is 5. The zero-order valence-corrected chi connectivity index (χ0v) is 21.9. The lowest BCUT2D eigenvalue weighted by Crippen LogP contribution is -2.53. The van der Waals surface area contributed by atoms with E-state index in [1.54, 1.807) is 6.92 Å². The molecule has 4 atom stereocenters. The molecule has 3 aliphatic heterocycles. The summed E-state index contributed by atoms with van der Waals surface area (Å²) in [5.41, 5.74) is 1.48. The number of carbonyl (C=O) groups excluding carboxylic acids is 4. The van der Waals surface area contributed by atoms with Gasteiger partial charge in [-0.05, 0) is 67.4 Å². The van der Waals surface area contributed by atoms with Crippen molar-refractivity contribution in [2.75, 3.05) is 16.8 Å². The molecule has 41 heavy (non-hydrogen) atoms. The maximum Gasteiger partial charge on any atom is 0.338 e. The number of esters is 1. The summed E-state index contributed by atoms with van der Waals surface area (Å²) in [6.45, 7) is 1.91. The van der Waals surface area contributed by atoms with E-state index < -0.39 is 52.9 Å². The van der Waals surface area contributed by atoms with E-state index in [1.165, 1.54) is 42.5 Å². The van der Waals surface area contributed by atoms with Gasteiger partial charge in [-0.25, -0.2) is 14.1 Å². The maximum atomic E-state index is 14.5. The summed E-state index contributed by atoms with van der Waals surface area (Å²) < 4.78 is 19.6. The summed E-state index contributed by atoms with van der Waals surface area (Å²) in [4.78, 5) is 58.5. The van der Waals surface area contributed by atoms with Gasteiger partial charge in [-0.1, -0.05) is 18.2 Å². The van der Waals surface area contributed by atoms with Crippen LogP contribution in [0.4, 0.5) is 15.8 Å². The van der Waals surface area contributed by atoms with Crippen molar-refractivity contribution >= 4 is 46.0 Å². The zero-order chi connectivity index (χ0) is 28.5. The average molecular weight is 553 g/mol. The van der Waals surface area contributed by atoms with Gasteiger partial charge < -0.3 is 15.0 Å². The molecule has 10 heteroatoms. The zero-order valence-electron chi connectivity index (χ0n) is 21.9. The number of halogens is 1. The monoisotopic (exact) mass is 552 g/mol. The van der Waals surface area contributed by atoms with Gasteiger partial charge in [0.2, 0.25) is 17.7 Å². The number of rotatable bonds is 5. The van der Waals surface area contributed by atoms with Gasteiger partial charge in [0.05, 0.1) is 29.7 Å². The van der Waals surface area contributed by atoms with Crippen molar-refractivity contribution < 1.29 is 28.3 Å². The number of para-hydroxylation sites is 1. The first-order valence-electron chi connectivity index (χ1n) is 13.4. The number of anilines is 2. The highest BCUT2D eigenvalue weighted by atomic mass is 19.1. The molecule has 1 spiro atoms. The number of amides is 3. The molecule has 4 heterocycles. The van der Waals surface area contributed by atoms with Crippen LogP contribution in [-0.2, 0) is 31.1 Å². The molecular formula is C31H25FN4O5. The molecular weight excluding hydrogens is 527 g/mol. The van der Waals surface area contributed by atoms with Crippen LogP contribution in [0, 0.1) is 17.7 Å². The molecule has 0 radical (unpaired) electrons. The Hall–Kier alpha value is -4.83. The topological polar surface area (TPSA) is 121 Å². The predicted octanol–water partition coefficient (Wildman–Crippen LogP) is 3.65. The number of ether oxygens (including phenoxy) is 1. The number of aromatic amines is 1. The van der Waals surface area contributed by atoms with Crippen molar-refractivity contribution in [1.82, 2.24) is 10.3 Å². The van der Waals surface area contributed by atoms with E-state index in [1.807, 2.05) is 30.5 Å². The molecule has 4 aromatic rings. The third kappa shape index (κ3) is 3.57. The van der Waals surface area contributed by atoms with Crippen LogP contribution in [0.2, 0.25) is 0 Å². The fourth-order valence-electron chi connectivity index (χ4n) is 6.70. The van der Waals surface area contributed by atoms with Crippen molar-refractivity contribution in [3.05, 3.63) is 95.4 Å². The van der Waals surface area contributed by atoms with Gasteiger partial charge in [-0.15, -0.1) is 0 Å². The Morgan fingerprint density at radius 1 is 1.02 bits per heavy atom. The van der Waals surface area contributed by atoms with E-state index >= 15 is 0 Å². The smallest absolute Gasteiger partial charge is 0.338 e. The van der Waals surface area contributed by atoms with E-state index in [4.69, 9.17) is 4.74 Å². The second-order valence-electron chi connectivity index (χ2n) is 10.5. The fourth-order valence-corrected chi connectivity index (χ4v) is 6.70. The number of nitrogens with zero attached hydrogens (tertiary/aromatic N) is 1. The summed E-state index contributed by atoms with van der Waals surface area (Å²) in [5, 5.41) is 7.12. The van der Waals surface area contributed by atoms with E-state index in [-0.39, 0.29) is 17.9 Å². The van der Waals surface area contributed by atoms with Crippen LogP contribution in [0.15, 0.2) is 72.9 Å². The summed E-state index contributed by atoms with van der Waals surface area (Å²) in [5.74, 6) is -4.62. The quantitative estimate of drug-likeness (QED) is 0.257. The fraction of sp³-hybridized carbons (Fsp3) is 0.226. The SMILES string of the molecule is CCOC(=O)c1ccc(N2C(=O)[C@@H]3[C@H](Cc4c[nH]c5ccccc45)N[C@]4(C(=O)Nc5ccc(F)cc54)[C@@H]3C2=O)cc1. The maximum absolute atomic E-state index is 14.5. The molecule has 0 aliphatic carbocycles. The number of benzene rings is 3. The summed E-state index contributed by atoms with van der Waals surface area (Å²) in [7, 11) is 0. The number of carbonyl (C=O) groups is 4. The van der Waals surface area contributed by atoms with Crippen LogP contribution in [0.1, 0.15) is 28.4 Å². The minimum Gasteiger partial charge on any atom is -0.462 e. The Morgan fingerprint density at radius 3 is 2.59 bits per heavy atom. The van der Waals surface area contributed by atoms with Gasteiger partial charge in [0.15, 0.2) is 0 Å². The van der Waals surface area contributed by atoms with Crippen molar-refractivity contribution in [3.63, 3.8) is 0 Å². The molecule has 2 fully saturated rings. The standard InChI is InChI=1S/C31H25FN4O5/c1-2-41-29(39)16-7-10-19(11-8-16)36-27(37)25-24(13-17-15-33-22-6-4-3-5-20(17)22)35-31(26(25)28(36)38)21-14-18(32)9-12-23(21)34-30(31)40/h3-12,14-15,24-26,33,35H,2,13H2,1H3,(H,34,40)/t24-,25+,26-,31-/m0/s1. The van der Waals surface area contributed by atoms with Gasteiger partial charge in [0, 0.05) is 34.4 Å². The molecule has 0 saturated carbocycles. The predicted molar refractivity (Wildman–Crippen MR) is 148 cm³/mol. The van der Waals surface area contributed by atoms with Gasteiger partial charge in [0.1, 0.15) is 11.4 Å². The largest absolute Gasteiger partial charge is 0.462 e. The van der Waals surface area contributed by atoms with Crippen LogP contribution >= 0.6 is 0 Å². The Balaban J connectivity index is 1.33. The first-order valence-corrected chi connectivity index (χ1v) is 13.4. The normalized spacial score (nSPS) is 24.7. The Labute approximate surface area is 233 Å². The molecule has 2 saturated heterocycles. The van der Waals surface area contributed by atoms with Crippen LogP contribution in [0.25, 0.3) is 10.9 Å². The van der Waals surface area contributed by atoms with E-state index in [0.29, 0.717) is 17.7 Å². The number of H-pyrrole nitrogens is 1. The van der Waals surface area contributed by atoms with Crippen molar-refractivity contribution in [3.8, 4) is 0 Å². The number of aromatic nitrogens is 1. The summed E-state index contributed by atoms with van der Waals surface area (Å²) >= 11 is 0. The lowest BCUT2D eigenvalue weighted by Gasteiger charge is -2.29. The molecule has 206 valence electrons. The van der Waals surface area contributed by atoms with Crippen molar-refractivity contribution in [1.29, 1.82) is 0 Å². The minimum absolute atomic E-state index is 0.212. The lowest BCUT2D eigenvalue weighted by atomic mass is 9.76. The first-order chi connectivity index (χ1) is 19.8. The third-order valence-electron chi connectivity index (χ3n) is 8.43. The summed E-state index contributed by atoms with van der Waals surface area (Å²) in [6, 6.07) is 17.1. The van der Waals surface area contributed by atoms with Crippen LogP contribution in [-0.4, -0.2) is 41.3 Å². The van der Waals surface area contributed by atoms with E-state index in [9.17, 15) is 23.6 Å². The Kier molecular flexibility index (Phi) is 5.58. The first kappa shape index (κ1) is 25.2. The van der Waals surface area contributed by atoms with E-state index in [2.05, 4.69) is 15.6 Å². The molecule has 3 N–H and O–H groups in total. The molecule has 3 aliphatic rings. The second kappa shape index (κ2) is 9.10. The number of hydrogen-bond donors (Lipinski definition) is 3. The van der Waals surface area contributed by atoms with Crippen LogP contribution in [0.5, 0.6) is 0 Å².